The third-order valence-corrected chi connectivity index (χ3v) is 1.10. The topological polar surface area (TPSA) is 0 Å². The van der Waals surface area contributed by atoms with Crippen molar-refractivity contribution in [2.24, 2.45) is 0 Å². The van der Waals surface area contributed by atoms with E-state index < -0.39 is 0 Å². The number of hydrogen-bond acceptors (Lipinski definition) is 0. The highest BCUT2D eigenvalue weighted by Gasteiger charge is 1.84. The lowest BCUT2D eigenvalue weighted by molar-refractivity contribution is 1.95. The minimum absolute atomic E-state index is 1.04. The summed E-state index contributed by atoms with van der Waals surface area (Å²) >= 11 is 0. The normalized spacial score (nSPS) is 27.6. The largest absolute Gasteiger partial charge is 0.133 e. The van der Waals surface area contributed by atoms with Crippen LogP contribution in [0, 0.1) is 0 Å². The second-order valence-electron chi connectivity index (χ2n) is 1.86. The minimum atomic E-state index is 1.04. The Bertz CT molecular complexity index is 129. The van der Waals surface area contributed by atoms with Gasteiger partial charge in [0.25, 0.3) is 0 Å². The van der Waals surface area contributed by atoms with E-state index >= 15 is 0 Å². The number of hydrogen-bond donors (Lipinski definition) is 0. The maximum Gasteiger partial charge on any atom is 0.133 e. The molecule has 0 aliphatic carbocycles. The Kier molecular flexibility index (Phi) is 3.06. The fraction of sp³-hybridized carbons (Fsp3) is 0.143. The van der Waals surface area contributed by atoms with Crippen LogP contribution in [0.1, 0.15) is 0 Å². The van der Waals surface area contributed by atoms with Gasteiger partial charge < -0.3 is 0 Å². The fourth-order valence-electron chi connectivity index (χ4n) is 0.649. The van der Waals surface area contributed by atoms with Crippen molar-refractivity contribution in [2.75, 3.05) is 0 Å². The molecule has 2 radical (unpaired) electrons. The predicted molar refractivity (Wildman–Crippen MR) is 43.7 cm³/mol. The zero-order chi connectivity index (χ0) is 6.36. The van der Waals surface area contributed by atoms with Gasteiger partial charge in [0, 0.05) is 0 Å². The van der Waals surface area contributed by atoms with E-state index in [2.05, 4.69) is 26.5 Å². The molecule has 0 amide bonds. The molecule has 9 heavy (non-hydrogen) atoms. The van der Waals surface area contributed by atoms with Crippen molar-refractivity contribution in [3.63, 3.8) is 0 Å². The van der Waals surface area contributed by atoms with Crippen molar-refractivity contribution < 1.29 is 0 Å². The smallest absolute Gasteiger partial charge is 0.123 e. The first kappa shape index (κ1) is 6.47. The van der Waals surface area contributed by atoms with Crippen LogP contribution in [0.2, 0.25) is 6.22 Å². The Balaban J connectivity index is 2.45. The fourth-order valence-corrected chi connectivity index (χ4v) is 0.649. The van der Waals surface area contributed by atoms with E-state index in [9.17, 15) is 0 Å². The molecule has 0 saturated heterocycles. The summed E-state index contributed by atoms with van der Waals surface area (Å²) in [5.41, 5.74) is 0. The molecule has 1 rings (SSSR count). The lowest BCUT2D eigenvalue weighted by Crippen LogP contribution is -1.90. The molecule has 0 saturated carbocycles. The second-order valence-corrected chi connectivity index (χ2v) is 1.86. The quantitative estimate of drug-likeness (QED) is 0.417. The van der Waals surface area contributed by atoms with Gasteiger partial charge in [-0.05, 0) is 0 Å². The minimum Gasteiger partial charge on any atom is -0.123 e. The number of allylic oxidation sites excluding steroid dienone is 4. The molecule has 0 aromatic heterocycles. The molecular weight excluding hydrogens is 106 g/mol. The van der Waals surface area contributed by atoms with Gasteiger partial charge in [0.05, 0.1) is 0 Å². The molecule has 0 bridgehead atoms. The lowest BCUT2D eigenvalue weighted by Gasteiger charge is -1.80. The standard InChI is InChI=1S/C7H8B2/c1-2-4-6-9-7-8-5-3-1/h1-6H,7H2/b2-1-,5-3-,6-4-. The molecular formula is C7H8B2. The first-order valence-electron chi connectivity index (χ1n) is 3.15. The van der Waals surface area contributed by atoms with Crippen LogP contribution < -0.4 is 0 Å². The van der Waals surface area contributed by atoms with Crippen LogP contribution in [-0.4, -0.2) is 14.6 Å². The van der Waals surface area contributed by atoms with Gasteiger partial charge in [-0.3, -0.25) is 0 Å². The molecule has 1 aliphatic heterocycles. The van der Waals surface area contributed by atoms with Crippen molar-refractivity contribution in [3.05, 3.63) is 36.3 Å². The van der Waals surface area contributed by atoms with E-state index in [1.807, 2.05) is 24.3 Å². The van der Waals surface area contributed by atoms with Gasteiger partial charge >= 0.3 is 0 Å². The van der Waals surface area contributed by atoms with Crippen LogP contribution in [0.3, 0.4) is 0 Å². The molecule has 42 valence electrons. The third kappa shape index (κ3) is 3.02. The van der Waals surface area contributed by atoms with Gasteiger partial charge in [-0.1, -0.05) is 30.5 Å². The molecule has 1 aliphatic rings. The zero-order valence-corrected chi connectivity index (χ0v) is 5.33. The van der Waals surface area contributed by atoms with E-state index in [0.29, 0.717) is 0 Å². The van der Waals surface area contributed by atoms with Crippen molar-refractivity contribution in [1.82, 2.24) is 0 Å². The Hall–Kier alpha value is -0.650. The summed E-state index contributed by atoms with van der Waals surface area (Å²) in [5, 5.41) is 0. The Labute approximate surface area is 57.8 Å². The average molecular weight is 114 g/mol. The maximum absolute atomic E-state index is 2.12. The predicted octanol–water partition coefficient (Wildman–Crippen LogP) is 1.37. The van der Waals surface area contributed by atoms with Gasteiger partial charge in [-0.15, -0.1) is 12.0 Å². The van der Waals surface area contributed by atoms with Gasteiger partial charge in [0.2, 0.25) is 0 Å². The molecule has 1 heterocycles. The first-order chi connectivity index (χ1) is 4.50. The molecule has 2 heteroatoms. The van der Waals surface area contributed by atoms with Crippen molar-refractivity contribution >= 4 is 14.6 Å². The summed E-state index contributed by atoms with van der Waals surface area (Å²) in [6.07, 6.45) is 9.14. The van der Waals surface area contributed by atoms with Crippen LogP contribution in [0.15, 0.2) is 36.3 Å². The van der Waals surface area contributed by atoms with Crippen LogP contribution in [-0.2, 0) is 0 Å². The molecule has 0 unspecified atom stereocenters. The molecule has 0 spiro atoms. The van der Waals surface area contributed by atoms with Crippen molar-refractivity contribution in [2.45, 2.75) is 6.22 Å². The van der Waals surface area contributed by atoms with E-state index in [4.69, 9.17) is 0 Å². The van der Waals surface area contributed by atoms with Crippen LogP contribution in [0.5, 0.6) is 0 Å². The van der Waals surface area contributed by atoms with E-state index in [1.54, 1.807) is 0 Å². The molecule has 0 nitrogen and oxygen atoms in total. The summed E-state index contributed by atoms with van der Waals surface area (Å²) in [4.78, 5) is 0. The molecule has 0 fully saturated rings. The highest BCUT2D eigenvalue weighted by atomic mass is 13.6. The average Bonchev–Trinajstić information content (AvgIpc) is 2.00. The van der Waals surface area contributed by atoms with Crippen LogP contribution in [0.25, 0.3) is 0 Å². The first-order valence-corrected chi connectivity index (χ1v) is 3.15. The van der Waals surface area contributed by atoms with E-state index in [1.165, 1.54) is 0 Å². The van der Waals surface area contributed by atoms with Crippen molar-refractivity contribution in [3.8, 4) is 0 Å². The Morgan fingerprint density at radius 1 is 0.778 bits per heavy atom. The van der Waals surface area contributed by atoms with E-state index in [-0.39, 0.29) is 0 Å². The highest BCUT2D eigenvalue weighted by molar-refractivity contribution is 6.61. The monoisotopic (exact) mass is 114 g/mol. The van der Waals surface area contributed by atoms with Gasteiger partial charge in [0.15, 0.2) is 0 Å². The number of rotatable bonds is 0. The highest BCUT2D eigenvalue weighted by Crippen LogP contribution is 1.86. The van der Waals surface area contributed by atoms with Crippen LogP contribution in [0.4, 0.5) is 0 Å². The Morgan fingerprint density at radius 3 is 1.89 bits per heavy atom. The molecule has 0 N–H and O–H groups in total. The maximum atomic E-state index is 2.12. The lowest BCUT2D eigenvalue weighted by atomic mass is 9.55. The summed E-state index contributed by atoms with van der Waals surface area (Å²) in [6, 6.07) is 0. The summed E-state index contributed by atoms with van der Waals surface area (Å²) < 4.78 is 0. The zero-order valence-electron chi connectivity index (χ0n) is 5.33. The summed E-state index contributed by atoms with van der Waals surface area (Å²) in [6.45, 7) is 0. The van der Waals surface area contributed by atoms with Gasteiger partial charge in [0.1, 0.15) is 14.6 Å². The van der Waals surface area contributed by atoms with Crippen LogP contribution >= 0.6 is 0 Å². The van der Waals surface area contributed by atoms with E-state index in [0.717, 1.165) is 6.22 Å². The van der Waals surface area contributed by atoms with Gasteiger partial charge in [-0.25, -0.2) is 0 Å². The second kappa shape index (κ2) is 4.25. The SMILES string of the molecule is [B]1\C=C/C=C\C=C/[B]C1. The molecule has 0 aromatic rings. The van der Waals surface area contributed by atoms with Gasteiger partial charge in [-0.2, -0.15) is 0 Å². The molecule has 0 aromatic carbocycles. The Morgan fingerprint density at radius 2 is 1.33 bits per heavy atom. The summed E-state index contributed by atoms with van der Waals surface area (Å²) in [7, 11) is 4.25. The third-order valence-electron chi connectivity index (χ3n) is 1.10. The molecule has 0 atom stereocenters. The summed E-state index contributed by atoms with van der Waals surface area (Å²) in [5.74, 6) is 4.11. The van der Waals surface area contributed by atoms with Crippen molar-refractivity contribution in [1.29, 1.82) is 0 Å².